The normalized spacial score (nSPS) is 18.2. The van der Waals surface area contributed by atoms with Crippen LogP contribution in [0.4, 0.5) is 10.5 Å². The van der Waals surface area contributed by atoms with Gasteiger partial charge in [0, 0.05) is 30.7 Å². The van der Waals surface area contributed by atoms with Gasteiger partial charge in [0.2, 0.25) is 0 Å². The highest BCUT2D eigenvalue weighted by molar-refractivity contribution is 5.94. The number of nitrogens with zero attached hydrogens (tertiary/aromatic N) is 1. The first-order chi connectivity index (χ1) is 10.8. The van der Waals surface area contributed by atoms with Crippen LogP contribution >= 0.6 is 0 Å². The lowest BCUT2D eigenvalue weighted by atomic mass is 10.1. The number of nitrogens with one attached hydrogen (secondary N) is 2. The van der Waals surface area contributed by atoms with E-state index in [1.165, 1.54) is 16.5 Å². The molecule has 0 aromatic heterocycles. The Bertz CT molecular complexity index is 654. The quantitative estimate of drug-likeness (QED) is 0.913. The SMILES string of the molecule is CCNC(=O)OC1CN(c2cccc3ccccc23)CCN1. The van der Waals surface area contributed by atoms with Gasteiger partial charge in [-0.1, -0.05) is 36.4 Å². The number of carbonyl (C=O) groups is 1. The molecule has 2 aromatic rings. The summed E-state index contributed by atoms with van der Waals surface area (Å²) >= 11 is 0. The number of ether oxygens (including phenoxy) is 1. The smallest absolute Gasteiger partial charge is 0.408 e. The van der Waals surface area contributed by atoms with E-state index >= 15 is 0 Å². The molecule has 0 radical (unpaired) electrons. The molecule has 22 heavy (non-hydrogen) atoms. The Hall–Kier alpha value is -2.27. The second-order valence-electron chi connectivity index (χ2n) is 5.32. The van der Waals surface area contributed by atoms with Crippen LogP contribution in [-0.4, -0.2) is 38.5 Å². The van der Waals surface area contributed by atoms with Crippen LogP contribution in [-0.2, 0) is 4.74 Å². The third-order valence-corrected chi connectivity index (χ3v) is 3.82. The molecule has 1 saturated heterocycles. The van der Waals surface area contributed by atoms with Crippen molar-refractivity contribution in [3.8, 4) is 0 Å². The highest BCUT2D eigenvalue weighted by Crippen LogP contribution is 2.27. The molecule has 1 fully saturated rings. The van der Waals surface area contributed by atoms with E-state index in [0.29, 0.717) is 13.1 Å². The number of fused-ring (bicyclic) bond motifs is 1. The molecule has 5 heteroatoms. The summed E-state index contributed by atoms with van der Waals surface area (Å²) in [6, 6.07) is 14.7. The van der Waals surface area contributed by atoms with Crippen molar-refractivity contribution in [2.75, 3.05) is 31.1 Å². The summed E-state index contributed by atoms with van der Waals surface area (Å²) in [4.78, 5) is 13.8. The fourth-order valence-electron chi connectivity index (χ4n) is 2.81. The van der Waals surface area contributed by atoms with Gasteiger partial charge in [0.25, 0.3) is 0 Å². The first-order valence-electron chi connectivity index (χ1n) is 7.68. The van der Waals surface area contributed by atoms with Gasteiger partial charge in [0.15, 0.2) is 6.23 Å². The number of piperazine rings is 1. The molecule has 0 spiro atoms. The third-order valence-electron chi connectivity index (χ3n) is 3.82. The van der Waals surface area contributed by atoms with Crippen LogP contribution in [0.15, 0.2) is 42.5 Å². The van der Waals surface area contributed by atoms with Crippen LogP contribution in [0.5, 0.6) is 0 Å². The van der Waals surface area contributed by atoms with Gasteiger partial charge >= 0.3 is 6.09 Å². The number of anilines is 1. The number of hydrogen-bond acceptors (Lipinski definition) is 4. The molecule has 0 aliphatic carbocycles. The summed E-state index contributed by atoms with van der Waals surface area (Å²) in [5.74, 6) is 0. The monoisotopic (exact) mass is 299 g/mol. The number of rotatable bonds is 3. The Labute approximate surface area is 130 Å². The Kier molecular flexibility index (Phi) is 4.44. The summed E-state index contributed by atoms with van der Waals surface area (Å²) < 4.78 is 5.39. The molecule has 3 rings (SSSR count). The first-order valence-corrected chi connectivity index (χ1v) is 7.68. The van der Waals surface area contributed by atoms with Crippen molar-refractivity contribution in [1.29, 1.82) is 0 Å². The Balaban J connectivity index is 1.77. The van der Waals surface area contributed by atoms with Gasteiger partial charge in [-0.3, -0.25) is 5.32 Å². The molecule has 2 N–H and O–H groups in total. The van der Waals surface area contributed by atoms with Crippen LogP contribution in [0.2, 0.25) is 0 Å². The number of alkyl carbamates (subject to hydrolysis) is 1. The minimum Gasteiger partial charge on any atom is -0.429 e. The largest absolute Gasteiger partial charge is 0.429 e. The maximum atomic E-state index is 11.6. The van der Waals surface area contributed by atoms with Gasteiger partial charge in [-0.2, -0.15) is 0 Å². The summed E-state index contributed by atoms with van der Waals surface area (Å²) in [5, 5.41) is 8.34. The van der Waals surface area contributed by atoms with Gasteiger partial charge in [0.05, 0.1) is 6.54 Å². The van der Waals surface area contributed by atoms with E-state index in [4.69, 9.17) is 4.74 Å². The van der Waals surface area contributed by atoms with Gasteiger partial charge in [-0.15, -0.1) is 0 Å². The number of carbonyl (C=O) groups excluding carboxylic acids is 1. The zero-order valence-electron chi connectivity index (χ0n) is 12.7. The molecular weight excluding hydrogens is 278 g/mol. The van der Waals surface area contributed by atoms with Crippen LogP contribution in [0.1, 0.15) is 6.92 Å². The predicted octanol–water partition coefficient (Wildman–Crippen LogP) is 2.32. The van der Waals surface area contributed by atoms with Gasteiger partial charge < -0.3 is 15.0 Å². The van der Waals surface area contributed by atoms with E-state index in [1.54, 1.807) is 0 Å². The maximum Gasteiger partial charge on any atom is 0.408 e. The molecule has 1 amide bonds. The van der Waals surface area contributed by atoms with Crippen molar-refractivity contribution >= 4 is 22.6 Å². The van der Waals surface area contributed by atoms with Crippen molar-refractivity contribution in [3.63, 3.8) is 0 Å². The summed E-state index contributed by atoms with van der Waals surface area (Å²) in [5.41, 5.74) is 1.18. The summed E-state index contributed by atoms with van der Waals surface area (Å²) in [7, 11) is 0. The fraction of sp³-hybridized carbons (Fsp3) is 0.353. The lowest BCUT2D eigenvalue weighted by molar-refractivity contribution is 0.0756. The Morgan fingerprint density at radius 3 is 3.00 bits per heavy atom. The van der Waals surface area contributed by atoms with Gasteiger partial charge in [-0.25, -0.2) is 4.79 Å². The topological polar surface area (TPSA) is 53.6 Å². The molecule has 5 nitrogen and oxygen atoms in total. The zero-order chi connectivity index (χ0) is 15.4. The average Bonchev–Trinajstić information content (AvgIpc) is 2.55. The van der Waals surface area contributed by atoms with Crippen LogP contribution in [0, 0.1) is 0 Å². The first kappa shape index (κ1) is 14.7. The number of amides is 1. The van der Waals surface area contributed by atoms with E-state index in [2.05, 4.69) is 51.9 Å². The molecular formula is C17H21N3O2. The summed E-state index contributed by atoms with van der Waals surface area (Å²) in [6.45, 7) is 4.76. The zero-order valence-corrected chi connectivity index (χ0v) is 12.7. The third kappa shape index (κ3) is 3.14. The van der Waals surface area contributed by atoms with E-state index < -0.39 is 0 Å². The second-order valence-corrected chi connectivity index (χ2v) is 5.32. The molecule has 1 unspecified atom stereocenters. The molecule has 1 heterocycles. The lowest BCUT2D eigenvalue weighted by Crippen LogP contribution is -2.53. The molecule has 0 bridgehead atoms. The summed E-state index contributed by atoms with van der Waals surface area (Å²) in [6.07, 6.45) is -0.668. The molecule has 0 saturated carbocycles. The van der Waals surface area contributed by atoms with E-state index in [-0.39, 0.29) is 12.3 Å². The van der Waals surface area contributed by atoms with Crippen molar-refractivity contribution < 1.29 is 9.53 Å². The number of hydrogen-bond donors (Lipinski definition) is 2. The minimum absolute atomic E-state index is 0.292. The second kappa shape index (κ2) is 6.66. The van der Waals surface area contributed by atoms with Crippen LogP contribution < -0.4 is 15.5 Å². The predicted molar refractivity (Wildman–Crippen MR) is 88.1 cm³/mol. The van der Waals surface area contributed by atoms with Crippen molar-refractivity contribution in [1.82, 2.24) is 10.6 Å². The highest BCUT2D eigenvalue weighted by atomic mass is 16.6. The van der Waals surface area contributed by atoms with Gasteiger partial charge in [0.1, 0.15) is 0 Å². The molecule has 1 aliphatic rings. The van der Waals surface area contributed by atoms with Gasteiger partial charge in [-0.05, 0) is 18.4 Å². The van der Waals surface area contributed by atoms with Crippen molar-refractivity contribution in [2.45, 2.75) is 13.2 Å². The highest BCUT2D eigenvalue weighted by Gasteiger charge is 2.23. The van der Waals surface area contributed by atoms with Crippen molar-refractivity contribution in [3.05, 3.63) is 42.5 Å². The molecule has 1 aliphatic heterocycles. The van der Waals surface area contributed by atoms with Crippen LogP contribution in [0.25, 0.3) is 10.8 Å². The maximum absolute atomic E-state index is 11.6. The molecule has 2 aromatic carbocycles. The van der Waals surface area contributed by atoms with E-state index in [0.717, 1.165) is 13.1 Å². The lowest BCUT2D eigenvalue weighted by Gasteiger charge is -2.35. The van der Waals surface area contributed by atoms with Crippen LogP contribution in [0.3, 0.4) is 0 Å². The Morgan fingerprint density at radius 1 is 1.32 bits per heavy atom. The Morgan fingerprint density at radius 2 is 2.14 bits per heavy atom. The average molecular weight is 299 g/mol. The standard InChI is InChI=1S/C17H21N3O2/c1-2-18-17(21)22-16-12-20(11-10-19-16)15-9-5-7-13-6-3-4-8-14(13)15/h3-9,16,19H,2,10-12H2,1H3,(H,18,21). The van der Waals surface area contributed by atoms with E-state index in [9.17, 15) is 4.79 Å². The minimum atomic E-state index is -0.375. The van der Waals surface area contributed by atoms with Crippen molar-refractivity contribution in [2.24, 2.45) is 0 Å². The van der Waals surface area contributed by atoms with E-state index in [1.807, 2.05) is 13.0 Å². The number of benzene rings is 2. The molecule has 116 valence electrons. The fourth-order valence-corrected chi connectivity index (χ4v) is 2.81. The molecule has 1 atom stereocenters.